The first kappa shape index (κ1) is 14.9. The van der Waals surface area contributed by atoms with Gasteiger partial charge in [0.05, 0.1) is 7.11 Å². The Balaban J connectivity index is 2.74. The topological polar surface area (TPSA) is 72.5 Å². The van der Waals surface area contributed by atoms with Crippen molar-refractivity contribution in [1.82, 2.24) is 5.32 Å². The van der Waals surface area contributed by atoms with Gasteiger partial charge in [0.1, 0.15) is 5.78 Å². The minimum Gasteiger partial charge on any atom is -0.467 e. The fourth-order valence-corrected chi connectivity index (χ4v) is 1.56. The third kappa shape index (κ3) is 4.91. The number of nitrogens with one attached hydrogen (secondary N) is 1. The number of benzene rings is 1. The van der Waals surface area contributed by atoms with Crippen molar-refractivity contribution in [3.8, 4) is 0 Å². The lowest BCUT2D eigenvalue weighted by Gasteiger charge is -2.16. The van der Waals surface area contributed by atoms with Crippen LogP contribution in [0.25, 0.3) is 0 Å². The number of hydrogen-bond acceptors (Lipinski definition) is 4. The van der Waals surface area contributed by atoms with Gasteiger partial charge >= 0.3 is 5.97 Å². The molecule has 0 aliphatic carbocycles. The highest BCUT2D eigenvalue weighted by Gasteiger charge is 2.23. The van der Waals surface area contributed by atoms with Crippen LogP contribution in [0.4, 0.5) is 0 Å². The molecule has 0 bridgehead atoms. The lowest BCUT2D eigenvalue weighted by Crippen LogP contribution is -2.34. The van der Waals surface area contributed by atoms with E-state index in [4.69, 9.17) is 0 Å². The van der Waals surface area contributed by atoms with Gasteiger partial charge in [-0.25, -0.2) is 4.79 Å². The number of ether oxygens (including phenoxy) is 1. The van der Waals surface area contributed by atoms with E-state index in [1.807, 2.05) is 6.07 Å². The van der Waals surface area contributed by atoms with Crippen LogP contribution in [0.2, 0.25) is 0 Å². The third-order valence-corrected chi connectivity index (χ3v) is 2.58. The zero-order valence-electron chi connectivity index (χ0n) is 11.0. The summed E-state index contributed by atoms with van der Waals surface area (Å²) in [7, 11) is 1.26. The van der Waals surface area contributed by atoms with E-state index in [9.17, 15) is 14.4 Å². The summed E-state index contributed by atoms with van der Waals surface area (Å²) in [6, 6.07) is 7.97. The number of rotatable bonds is 6. The van der Waals surface area contributed by atoms with E-state index in [2.05, 4.69) is 10.1 Å². The molecule has 1 aromatic carbocycles. The van der Waals surface area contributed by atoms with E-state index in [1.54, 1.807) is 24.3 Å². The Labute approximate surface area is 111 Å². The Hall–Kier alpha value is -2.17. The summed E-state index contributed by atoms with van der Waals surface area (Å²) >= 11 is 0. The number of amides is 1. The van der Waals surface area contributed by atoms with Gasteiger partial charge in [0.2, 0.25) is 5.91 Å². The Bertz CT molecular complexity index is 456. The van der Waals surface area contributed by atoms with Crippen molar-refractivity contribution < 1.29 is 19.1 Å². The van der Waals surface area contributed by atoms with Gasteiger partial charge in [-0.15, -0.1) is 0 Å². The van der Waals surface area contributed by atoms with Crippen LogP contribution in [0.5, 0.6) is 0 Å². The Morgan fingerprint density at radius 2 is 1.79 bits per heavy atom. The minimum atomic E-state index is -0.842. The highest BCUT2D eigenvalue weighted by molar-refractivity contribution is 5.87. The van der Waals surface area contributed by atoms with Crippen LogP contribution in [0.1, 0.15) is 31.4 Å². The number of Topliss-reactive ketones (excluding diaryl/α,β-unsaturated/α-hetero) is 1. The van der Waals surface area contributed by atoms with Crippen LogP contribution in [0.15, 0.2) is 30.3 Å². The first-order valence-electron chi connectivity index (χ1n) is 5.96. The average molecular weight is 263 g/mol. The maximum absolute atomic E-state index is 11.7. The third-order valence-electron chi connectivity index (χ3n) is 2.58. The van der Waals surface area contributed by atoms with E-state index in [1.165, 1.54) is 14.0 Å². The normalized spacial score (nSPS) is 11.5. The summed E-state index contributed by atoms with van der Waals surface area (Å²) in [5.41, 5.74) is 0.644. The van der Waals surface area contributed by atoms with E-state index < -0.39 is 12.0 Å². The molecule has 1 N–H and O–H groups in total. The lowest BCUT2D eigenvalue weighted by molar-refractivity contribution is -0.145. The molecule has 19 heavy (non-hydrogen) atoms. The lowest BCUT2D eigenvalue weighted by atomic mass is 10.1. The average Bonchev–Trinajstić information content (AvgIpc) is 2.42. The Kier molecular flexibility index (Phi) is 5.73. The van der Waals surface area contributed by atoms with Gasteiger partial charge in [-0.05, 0) is 12.5 Å². The quantitative estimate of drug-likeness (QED) is 0.787. The van der Waals surface area contributed by atoms with Crippen LogP contribution >= 0.6 is 0 Å². The number of hydrogen-bond donors (Lipinski definition) is 1. The maximum atomic E-state index is 11.7. The molecule has 1 aromatic rings. The van der Waals surface area contributed by atoms with Crippen LogP contribution in [-0.4, -0.2) is 24.8 Å². The van der Waals surface area contributed by atoms with E-state index >= 15 is 0 Å². The largest absolute Gasteiger partial charge is 0.467 e. The molecule has 0 aromatic heterocycles. The van der Waals surface area contributed by atoms with Crippen molar-refractivity contribution in [3.05, 3.63) is 35.9 Å². The molecule has 0 saturated heterocycles. The Morgan fingerprint density at radius 3 is 2.32 bits per heavy atom. The fourth-order valence-electron chi connectivity index (χ4n) is 1.56. The molecule has 1 atom stereocenters. The van der Waals surface area contributed by atoms with Crippen LogP contribution in [0, 0.1) is 0 Å². The van der Waals surface area contributed by atoms with Crippen LogP contribution in [-0.2, 0) is 19.1 Å². The number of methoxy groups -OCH3 is 1. The first-order valence-corrected chi connectivity index (χ1v) is 5.96. The predicted molar refractivity (Wildman–Crippen MR) is 69.3 cm³/mol. The summed E-state index contributed by atoms with van der Waals surface area (Å²) in [5, 5.41) is 2.57. The summed E-state index contributed by atoms with van der Waals surface area (Å²) in [4.78, 5) is 34.2. The van der Waals surface area contributed by atoms with E-state index in [0.29, 0.717) is 5.56 Å². The molecule has 0 aliphatic rings. The number of ketones is 1. The molecule has 1 amide bonds. The highest BCUT2D eigenvalue weighted by atomic mass is 16.5. The van der Waals surface area contributed by atoms with Gasteiger partial charge in [-0.3, -0.25) is 4.79 Å². The molecule has 0 fully saturated rings. The second kappa shape index (κ2) is 7.31. The highest BCUT2D eigenvalue weighted by Crippen LogP contribution is 2.14. The van der Waals surface area contributed by atoms with Gasteiger partial charge in [0.25, 0.3) is 0 Å². The second-order valence-corrected chi connectivity index (χ2v) is 4.14. The summed E-state index contributed by atoms with van der Waals surface area (Å²) in [6.07, 6.45) is 0.226. The summed E-state index contributed by atoms with van der Waals surface area (Å²) in [5.74, 6) is -0.957. The summed E-state index contributed by atoms with van der Waals surface area (Å²) in [6.45, 7) is 1.42. The number of carbonyl (C=O) groups is 3. The molecule has 0 heterocycles. The van der Waals surface area contributed by atoms with Crippen LogP contribution in [0.3, 0.4) is 0 Å². The van der Waals surface area contributed by atoms with Crippen LogP contribution < -0.4 is 5.32 Å². The van der Waals surface area contributed by atoms with Gasteiger partial charge in [-0.2, -0.15) is 0 Å². The van der Waals surface area contributed by atoms with Crippen molar-refractivity contribution in [2.24, 2.45) is 0 Å². The molecular weight excluding hydrogens is 246 g/mol. The van der Waals surface area contributed by atoms with Crippen molar-refractivity contribution >= 4 is 17.7 Å². The second-order valence-electron chi connectivity index (χ2n) is 4.14. The predicted octanol–water partition coefficient (Wildman–Crippen LogP) is 1.39. The molecule has 1 rings (SSSR count). The van der Waals surface area contributed by atoms with Gasteiger partial charge < -0.3 is 14.8 Å². The van der Waals surface area contributed by atoms with Crippen molar-refractivity contribution in [3.63, 3.8) is 0 Å². The standard InChI is InChI=1S/C14H17NO4/c1-10(16)8-9-12(17)15-13(14(18)19-2)11-6-4-3-5-7-11/h3-7,13H,8-9H2,1-2H3,(H,15,17). The van der Waals surface area contributed by atoms with Crippen molar-refractivity contribution in [1.29, 1.82) is 0 Å². The molecule has 0 spiro atoms. The van der Waals surface area contributed by atoms with E-state index in [-0.39, 0.29) is 24.5 Å². The number of carbonyl (C=O) groups excluding carboxylic acids is 3. The zero-order chi connectivity index (χ0) is 14.3. The fraction of sp³-hybridized carbons (Fsp3) is 0.357. The van der Waals surface area contributed by atoms with Gasteiger partial charge in [0, 0.05) is 12.8 Å². The minimum absolute atomic E-state index is 0.0651. The molecule has 5 heteroatoms. The Morgan fingerprint density at radius 1 is 1.16 bits per heavy atom. The molecular formula is C14H17NO4. The molecule has 5 nitrogen and oxygen atoms in total. The number of esters is 1. The molecule has 0 aliphatic heterocycles. The van der Waals surface area contributed by atoms with Gasteiger partial charge in [0.15, 0.2) is 6.04 Å². The zero-order valence-corrected chi connectivity index (χ0v) is 11.0. The molecule has 0 saturated carbocycles. The van der Waals surface area contributed by atoms with E-state index in [0.717, 1.165) is 0 Å². The first-order chi connectivity index (χ1) is 9.04. The molecule has 0 radical (unpaired) electrons. The van der Waals surface area contributed by atoms with Gasteiger partial charge in [-0.1, -0.05) is 30.3 Å². The molecule has 102 valence electrons. The van der Waals surface area contributed by atoms with Crippen molar-refractivity contribution in [2.75, 3.05) is 7.11 Å². The smallest absolute Gasteiger partial charge is 0.333 e. The summed E-state index contributed by atoms with van der Waals surface area (Å²) < 4.78 is 4.67. The maximum Gasteiger partial charge on any atom is 0.333 e. The SMILES string of the molecule is COC(=O)C(NC(=O)CCC(C)=O)c1ccccc1. The van der Waals surface area contributed by atoms with Crippen molar-refractivity contribution in [2.45, 2.75) is 25.8 Å². The monoisotopic (exact) mass is 263 g/mol. The molecule has 1 unspecified atom stereocenters.